The Hall–Kier alpha value is -1.36. The molecule has 0 aliphatic carbocycles. The number of nitrogens with zero attached hydrogens (tertiary/aromatic N) is 3. The molecule has 0 fully saturated rings. The zero-order valence-corrected chi connectivity index (χ0v) is 11.7. The van der Waals surface area contributed by atoms with Gasteiger partial charge in [-0.15, -0.1) is 0 Å². The molecule has 5 heteroatoms. The zero-order valence-electron chi connectivity index (χ0n) is 11.7. The van der Waals surface area contributed by atoms with Gasteiger partial charge < -0.3 is 4.74 Å². The van der Waals surface area contributed by atoms with Gasteiger partial charge in [0.2, 0.25) is 0 Å². The van der Waals surface area contributed by atoms with E-state index in [4.69, 9.17) is 0 Å². The highest BCUT2D eigenvalue weighted by Crippen LogP contribution is 2.10. The van der Waals surface area contributed by atoms with Crippen LogP contribution in [0.3, 0.4) is 0 Å². The van der Waals surface area contributed by atoms with E-state index in [1.165, 1.54) is 7.11 Å². The lowest BCUT2D eigenvalue weighted by atomic mass is 10.3. The molecule has 1 atom stereocenters. The van der Waals surface area contributed by atoms with Gasteiger partial charge in [0.1, 0.15) is 0 Å². The van der Waals surface area contributed by atoms with Crippen LogP contribution >= 0.6 is 0 Å². The first kappa shape index (κ1) is 14.7. The first-order valence-electron chi connectivity index (χ1n) is 6.36. The van der Waals surface area contributed by atoms with Crippen molar-refractivity contribution >= 4 is 5.97 Å². The highest BCUT2D eigenvalue weighted by Gasteiger charge is 2.08. The van der Waals surface area contributed by atoms with Crippen LogP contribution in [0.5, 0.6) is 0 Å². The van der Waals surface area contributed by atoms with E-state index in [9.17, 15) is 4.79 Å². The van der Waals surface area contributed by atoms with E-state index in [1.807, 2.05) is 24.0 Å². The van der Waals surface area contributed by atoms with Crippen molar-refractivity contribution in [2.45, 2.75) is 39.3 Å². The predicted molar refractivity (Wildman–Crippen MR) is 70.2 cm³/mol. The molecule has 0 aliphatic heterocycles. The van der Waals surface area contributed by atoms with Crippen molar-refractivity contribution in [2.24, 2.45) is 0 Å². The van der Waals surface area contributed by atoms with Gasteiger partial charge in [0.25, 0.3) is 0 Å². The summed E-state index contributed by atoms with van der Waals surface area (Å²) in [5.41, 5.74) is 1.03. The lowest BCUT2D eigenvalue weighted by molar-refractivity contribution is -0.140. The Morgan fingerprint density at radius 1 is 1.61 bits per heavy atom. The minimum Gasteiger partial charge on any atom is -0.469 e. The normalized spacial score (nSPS) is 12.7. The van der Waals surface area contributed by atoms with Gasteiger partial charge in [0.05, 0.1) is 19.2 Å². The quantitative estimate of drug-likeness (QED) is 0.696. The number of esters is 1. The topological polar surface area (TPSA) is 47.4 Å². The van der Waals surface area contributed by atoms with Crippen LogP contribution in [-0.4, -0.2) is 41.4 Å². The van der Waals surface area contributed by atoms with Crippen LogP contribution in [0.25, 0.3) is 0 Å². The smallest absolute Gasteiger partial charge is 0.306 e. The maximum atomic E-state index is 11.0. The SMILES string of the molecule is CCC(C)n1ccc(CN(C)CCC(=O)OC)n1. The Labute approximate surface area is 109 Å². The van der Waals surface area contributed by atoms with Gasteiger partial charge in [0.15, 0.2) is 0 Å². The molecule has 1 rings (SSSR count). The van der Waals surface area contributed by atoms with E-state index in [1.54, 1.807) is 0 Å². The van der Waals surface area contributed by atoms with Crippen LogP contribution < -0.4 is 0 Å². The van der Waals surface area contributed by atoms with Crippen molar-refractivity contribution in [1.82, 2.24) is 14.7 Å². The van der Waals surface area contributed by atoms with Gasteiger partial charge >= 0.3 is 5.97 Å². The van der Waals surface area contributed by atoms with Crippen LogP contribution in [-0.2, 0) is 16.1 Å². The number of hydrogen-bond donors (Lipinski definition) is 0. The Morgan fingerprint density at radius 3 is 2.94 bits per heavy atom. The fourth-order valence-electron chi connectivity index (χ4n) is 1.63. The average molecular weight is 253 g/mol. The van der Waals surface area contributed by atoms with E-state index in [2.05, 4.69) is 28.6 Å². The van der Waals surface area contributed by atoms with Gasteiger partial charge in [-0.05, 0) is 26.5 Å². The van der Waals surface area contributed by atoms with Crippen LogP contribution in [0, 0.1) is 0 Å². The van der Waals surface area contributed by atoms with Gasteiger partial charge in [-0.1, -0.05) is 6.92 Å². The minimum absolute atomic E-state index is 0.174. The highest BCUT2D eigenvalue weighted by atomic mass is 16.5. The minimum atomic E-state index is -0.174. The third-order valence-electron chi connectivity index (χ3n) is 3.06. The Kier molecular flexibility index (Phi) is 5.85. The number of ether oxygens (including phenoxy) is 1. The molecule has 0 aliphatic rings. The maximum absolute atomic E-state index is 11.0. The molecule has 0 bridgehead atoms. The summed E-state index contributed by atoms with van der Waals surface area (Å²) < 4.78 is 6.61. The predicted octanol–water partition coefficient (Wildman–Crippen LogP) is 1.85. The standard InChI is InChI=1S/C13H23N3O2/c1-5-11(2)16-9-6-12(14-16)10-15(3)8-7-13(17)18-4/h6,9,11H,5,7-8,10H2,1-4H3. The summed E-state index contributed by atoms with van der Waals surface area (Å²) in [6, 6.07) is 2.46. The molecule has 5 nitrogen and oxygen atoms in total. The molecule has 1 unspecified atom stereocenters. The van der Waals surface area contributed by atoms with Gasteiger partial charge in [-0.25, -0.2) is 0 Å². The second kappa shape index (κ2) is 7.16. The molecule has 1 heterocycles. The number of aromatic nitrogens is 2. The molecule has 1 aromatic heterocycles. The molecule has 0 radical (unpaired) electrons. The fourth-order valence-corrected chi connectivity index (χ4v) is 1.63. The maximum Gasteiger partial charge on any atom is 0.306 e. The molecule has 18 heavy (non-hydrogen) atoms. The highest BCUT2D eigenvalue weighted by molar-refractivity contribution is 5.69. The van der Waals surface area contributed by atoms with E-state index in [-0.39, 0.29) is 5.97 Å². The van der Waals surface area contributed by atoms with Crippen molar-refractivity contribution in [1.29, 1.82) is 0 Å². The van der Waals surface area contributed by atoms with E-state index >= 15 is 0 Å². The largest absolute Gasteiger partial charge is 0.469 e. The summed E-state index contributed by atoms with van der Waals surface area (Å²) in [7, 11) is 3.39. The Bertz CT molecular complexity index is 376. The molecule has 102 valence electrons. The first-order valence-corrected chi connectivity index (χ1v) is 6.36. The van der Waals surface area contributed by atoms with Crippen molar-refractivity contribution in [3.8, 4) is 0 Å². The van der Waals surface area contributed by atoms with Gasteiger partial charge in [-0.3, -0.25) is 14.4 Å². The average Bonchev–Trinajstić information content (AvgIpc) is 2.83. The Balaban J connectivity index is 2.42. The number of carbonyl (C=O) groups excluding carboxylic acids is 1. The third-order valence-corrected chi connectivity index (χ3v) is 3.06. The van der Waals surface area contributed by atoms with E-state index < -0.39 is 0 Å². The summed E-state index contributed by atoms with van der Waals surface area (Å²) in [4.78, 5) is 13.1. The lowest BCUT2D eigenvalue weighted by Crippen LogP contribution is -2.22. The summed E-state index contributed by atoms with van der Waals surface area (Å²) in [6.45, 7) is 5.73. The van der Waals surface area contributed by atoms with Crippen LogP contribution in [0.1, 0.15) is 38.4 Å². The number of rotatable bonds is 7. The van der Waals surface area contributed by atoms with Crippen molar-refractivity contribution in [3.05, 3.63) is 18.0 Å². The van der Waals surface area contributed by atoms with Crippen molar-refractivity contribution in [3.63, 3.8) is 0 Å². The summed E-state index contributed by atoms with van der Waals surface area (Å²) in [5, 5.41) is 4.53. The summed E-state index contributed by atoms with van der Waals surface area (Å²) in [5.74, 6) is -0.174. The molecule has 1 aromatic rings. The summed E-state index contributed by atoms with van der Waals surface area (Å²) >= 11 is 0. The second-order valence-electron chi connectivity index (χ2n) is 4.61. The second-order valence-corrected chi connectivity index (χ2v) is 4.61. The number of carbonyl (C=O) groups is 1. The molecule has 0 saturated carbocycles. The number of hydrogen-bond acceptors (Lipinski definition) is 4. The molecule has 0 saturated heterocycles. The monoisotopic (exact) mass is 253 g/mol. The Morgan fingerprint density at radius 2 is 2.33 bits per heavy atom. The molecular formula is C13H23N3O2. The molecule has 0 spiro atoms. The van der Waals surface area contributed by atoms with Gasteiger partial charge in [0, 0.05) is 25.3 Å². The van der Waals surface area contributed by atoms with E-state index in [0.717, 1.165) is 18.7 Å². The lowest BCUT2D eigenvalue weighted by Gasteiger charge is -2.14. The van der Waals surface area contributed by atoms with Crippen LogP contribution in [0.2, 0.25) is 0 Å². The first-order chi connectivity index (χ1) is 8.56. The molecule has 0 amide bonds. The molecule has 0 N–H and O–H groups in total. The third kappa shape index (κ3) is 4.49. The van der Waals surface area contributed by atoms with Gasteiger partial charge in [-0.2, -0.15) is 5.10 Å². The molecule has 0 aromatic carbocycles. The van der Waals surface area contributed by atoms with Crippen LogP contribution in [0.4, 0.5) is 0 Å². The number of methoxy groups -OCH3 is 1. The zero-order chi connectivity index (χ0) is 13.5. The van der Waals surface area contributed by atoms with Crippen molar-refractivity contribution in [2.75, 3.05) is 20.7 Å². The summed E-state index contributed by atoms with van der Waals surface area (Å²) in [6.07, 6.45) is 3.50. The molecular weight excluding hydrogens is 230 g/mol. The fraction of sp³-hybridized carbons (Fsp3) is 0.692. The van der Waals surface area contributed by atoms with Crippen LogP contribution in [0.15, 0.2) is 12.3 Å². The van der Waals surface area contributed by atoms with Crippen molar-refractivity contribution < 1.29 is 9.53 Å². The van der Waals surface area contributed by atoms with E-state index in [0.29, 0.717) is 19.0 Å².